The lowest BCUT2D eigenvalue weighted by molar-refractivity contribution is 0.424. The second-order valence-corrected chi connectivity index (χ2v) is 7.39. The van der Waals surface area contributed by atoms with E-state index in [2.05, 4.69) is 21.6 Å². The predicted octanol–water partition coefficient (Wildman–Crippen LogP) is 3.91. The second-order valence-electron chi connectivity index (χ2n) is 5.22. The Morgan fingerprint density at radius 1 is 1.29 bits per heavy atom. The first kappa shape index (κ1) is 13.0. The third-order valence-corrected chi connectivity index (χ3v) is 5.79. The van der Waals surface area contributed by atoms with Gasteiger partial charge in [0.1, 0.15) is 0 Å². The number of thiophene rings is 2. The van der Waals surface area contributed by atoms with Gasteiger partial charge in [-0.25, -0.2) is 0 Å². The highest BCUT2D eigenvalue weighted by Gasteiger charge is 2.24. The first-order chi connectivity index (χ1) is 10.3. The van der Waals surface area contributed by atoms with E-state index in [1.54, 1.807) is 22.7 Å². The van der Waals surface area contributed by atoms with Crippen LogP contribution >= 0.6 is 22.7 Å². The van der Waals surface area contributed by atoms with Crippen LogP contribution in [0.3, 0.4) is 0 Å². The minimum atomic E-state index is 0.582. The van der Waals surface area contributed by atoms with Crippen molar-refractivity contribution in [2.24, 2.45) is 0 Å². The number of fused-ring (bicyclic) bond motifs is 1. The maximum absolute atomic E-state index is 6.19. The van der Waals surface area contributed by atoms with Gasteiger partial charge in [-0.1, -0.05) is 11.2 Å². The van der Waals surface area contributed by atoms with E-state index in [4.69, 9.17) is 10.3 Å². The van der Waals surface area contributed by atoms with Gasteiger partial charge in [-0.3, -0.25) is 0 Å². The summed E-state index contributed by atoms with van der Waals surface area (Å²) in [7, 11) is 0. The molecule has 2 N–H and O–H groups in total. The van der Waals surface area contributed by atoms with Crippen LogP contribution in [0, 0.1) is 0 Å². The molecule has 0 atom stereocenters. The monoisotopic (exact) mass is 317 g/mol. The van der Waals surface area contributed by atoms with Crippen molar-refractivity contribution in [3.8, 4) is 11.5 Å². The number of rotatable bonds is 3. The molecule has 108 valence electrons. The van der Waals surface area contributed by atoms with Crippen LogP contribution in [0.5, 0.6) is 0 Å². The maximum atomic E-state index is 6.19. The van der Waals surface area contributed by atoms with Gasteiger partial charge in [-0.2, -0.15) is 4.98 Å². The molecule has 4 nitrogen and oxygen atoms in total. The van der Waals surface area contributed by atoms with Crippen molar-refractivity contribution in [1.29, 1.82) is 0 Å². The molecule has 0 fully saturated rings. The van der Waals surface area contributed by atoms with E-state index < -0.39 is 0 Å². The van der Waals surface area contributed by atoms with E-state index in [0.29, 0.717) is 12.3 Å². The van der Waals surface area contributed by atoms with E-state index in [1.165, 1.54) is 28.2 Å². The molecule has 1 aliphatic rings. The Kier molecular flexibility index (Phi) is 3.27. The molecule has 0 aliphatic heterocycles. The number of aromatic nitrogens is 2. The number of nitrogens with two attached hydrogens (primary N) is 1. The highest BCUT2D eigenvalue weighted by Crippen LogP contribution is 2.41. The Morgan fingerprint density at radius 2 is 2.19 bits per heavy atom. The fourth-order valence-corrected chi connectivity index (χ4v) is 4.67. The first-order valence-corrected chi connectivity index (χ1v) is 8.76. The summed E-state index contributed by atoms with van der Waals surface area (Å²) in [6.45, 7) is 0. The zero-order valence-corrected chi connectivity index (χ0v) is 13.1. The molecule has 0 saturated carbocycles. The Morgan fingerprint density at radius 3 is 3.05 bits per heavy atom. The Labute approximate surface area is 130 Å². The molecule has 0 unspecified atom stereocenters. The van der Waals surface area contributed by atoms with E-state index in [0.717, 1.165) is 29.2 Å². The third-order valence-electron chi connectivity index (χ3n) is 3.79. The van der Waals surface area contributed by atoms with Crippen LogP contribution in [-0.4, -0.2) is 10.1 Å². The lowest BCUT2D eigenvalue weighted by Gasteiger charge is -2.10. The molecule has 3 heterocycles. The molecule has 0 aromatic carbocycles. The molecular formula is C15H15N3OS2. The van der Waals surface area contributed by atoms with Crippen LogP contribution in [0.4, 0.5) is 5.00 Å². The van der Waals surface area contributed by atoms with E-state index >= 15 is 0 Å². The van der Waals surface area contributed by atoms with E-state index in [1.807, 2.05) is 6.07 Å². The Hall–Kier alpha value is -1.66. The predicted molar refractivity (Wildman–Crippen MR) is 85.8 cm³/mol. The van der Waals surface area contributed by atoms with Crippen molar-refractivity contribution < 1.29 is 4.52 Å². The van der Waals surface area contributed by atoms with Crippen molar-refractivity contribution >= 4 is 27.7 Å². The number of nitrogen functional groups attached to an aromatic ring is 1. The summed E-state index contributed by atoms with van der Waals surface area (Å²) in [6, 6.07) is 4.12. The molecule has 0 amide bonds. The van der Waals surface area contributed by atoms with Gasteiger partial charge in [0.15, 0.2) is 5.82 Å². The number of nitrogens with zero attached hydrogens (tertiary/aromatic N) is 2. The molecule has 0 radical (unpaired) electrons. The van der Waals surface area contributed by atoms with Crippen LogP contribution in [0.25, 0.3) is 11.5 Å². The smallest absolute Gasteiger partial charge is 0.261 e. The average molecular weight is 317 g/mol. The van der Waals surface area contributed by atoms with Crippen molar-refractivity contribution in [3.63, 3.8) is 0 Å². The van der Waals surface area contributed by atoms with Crippen LogP contribution < -0.4 is 5.73 Å². The van der Waals surface area contributed by atoms with Crippen LogP contribution in [0.15, 0.2) is 22.0 Å². The topological polar surface area (TPSA) is 64.9 Å². The summed E-state index contributed by atoms with van der Waals surface area (Å²) in [4.78, 5) is 7.19. The first-order valence-electron chi connectivity index (χ1n) is 7.06. The van der Waals surface area contributed by atoms with E-state index in [-0.39, 0.29) is 0 Å². The fraction of sp³-hybridized carbons (Fsp3) is 0.333. The summed E-state index contributed by atoms with van der Waals surface area (Å²) in [5.41, 5.74) is 8.51. The highest BCUT2D eigenvalue weighted by molar-refractivity contribution is 7.16. The quantitative estimate of drug-likeness (QED) is 0.795. The lowest BCUT2D eigenvalue weighted by atomic mass is 9.95. The van der Waals surface area contributed by atoms with Gasteiger partial charge in [-0.05, 0) is 42.7 Å². The molecule has 1 aliphatic carbocycles. The van der Waals surface area contributed by atoms with Gasteiger partial charge in [0.2, 0.25) is 0 Å². The van der Waals surface area contributed by atoms with Gasteiger partial charge >= 0.3 is 0 Å². The largest absolute Gasteiger partial charge is 0.390 e. The van der Waals surface area contributed by atoms with Crippen LogP contribution in [0.1, 0.15) is 34.0 Å². The summed E-state index contributed by atoms with van der Waals surface area (Å²) >= 11 is 3.38. The molecule has 6 heteroatoms. The fourth-order valence-electron chi connectivity index (χ4n) is 2.82. The van der Waals surface area contributed by atoms with Crippen LogP contribution in [0.2, 0.25) is 0 Å². The summed E-state index contributed by atoms with van der Waals surface area (Å²) in [6.07, 6.45) is 5.38. The van der Waals surface area contributed by atoms with Crippen molar-refractivity contribution in [1.82, 2.24) is 10.1 Å². The van der Waals surface area contributed by atoms with Crippen molar-refractivity contribution in [3.05, 3.63) is 38.7 Å². The highest BCUT2D eigenvalue weighted by atomic mass is 32.1. The number of anilines is 1. The molecule has 0 spiro atoms. The molecular weight excluding hydrogens is 302 g/mol. The molecule has 0 saturated heterocycles. The Bertz CT molecular complexity index is 758. The maximum Gasteiger partial charge on any atom is 0.261 e. The average Bonchev–Trinajstić information content (AvgIpc) is 3.18. The third kappa shape index (κ3) is 2.38. The zero-order chi connectivity index (χ0) is 14.2. The second kappa shape index (κ2) is 5.27. The molecule has 21 heavy (non-hydrogen) atoms. The minimum absolute atomic E-state index is 0.582. The summed E-state index contributed by atoms with van der Waals surface area (Å²) < 4.78 is 5.47. The molecule has 3 aromatic rings. The summed E-state index contributed by atoms with van der Waals surface area (Å²) in [5, 5.41) is 6.98. The van der Waals surface area contributed by atoms with Crippen LogP contribution in [-0.2, 0) is 19.3 Å². The van der Waals surface area contributed by atoms with Gasteiger partial charge in [-0.15, -0.1) is 22.7 Å². The Balaban J connectivity index is 1.68. The summed E-state index contributed by atoms with van der Waals surface area (Å²) in [5.74, 6) is 1.31. The van der Waals surface area contributed by atoms with Gasteiger partial charge in [0, 0.05) is 16.2 Å². The molecule has 3 aromatic heterocycles. The van der Waals surface area contributed by atoms with Gasteiger partial charge < -0.3 is 10.3 Å². The number of aryl methyl sites for hydroxylation is 1. The molecule has 4 rings (SSSR count). The number of hydrogen-bond donors (Lipinski definition) is 1. The minimum Gasteiger partial charge on any atom is -0.390 e. The zero-order valence-electron chi connectivity index (χ0n) is 11.5. The van der Waals surface area contributed by atoms with Crippen molar-refractivity contribution in [2.45, 2.75) is 32.1 Å². The van der Waals surface area contributed by atoms with E-state index in [9.17, 15) is 0 Å². The SMILES string of the molecule is Nc1sc2c(c1-c1nc(Cc3cccs3)no1)CCCC2. The van der Waals surface area contributed by atoms with Gasteiger partial charge in [0.25, 0.3) is 5.89 Å². The number of hydrogen-bond acceptors (Lipinski definition) is 6. The van der Waals surface area contributed by atoms with Gasteiger partial charge in [0.05, 0.1) is 10.6 Å². The lowest BCUT2D eigenvalue weighted by Crippen LogP contribution is -2.00. The molecule has 0 bridgehead atoms. The standard InChI is InChI=1S/C15H15N3OS2/c16-14-13(10-5-1-2-6-11(10)21-14)15-17-12(18-19-15)8-9-4-3-7-20-9/h3-4,7H,1-2,5-6,8,16H2. The van der Waals surface area contributed by atoms with Crippen molar-refractivity contribution in [2.75, 3.05) is 5.73 Å². The normalized spacial score (nSPS) is 14.3.